The molecule has 2 amide bonds. The number of carbonyl (C=O) groups is 2. The fourth-order valence-corrected chi connectivity index (χ4v) is 3.43. The standard InChI is InChI=1S/C23H28FN3O3/c1-18-4-2-5-21(16-18)30-15-10-25-22(28)17-26-11-3-12-27(14-13-26)23(29)19-6-8-20(24)9-7-19/h2,4-9,16H,3,10-15,17H2,1H3,(H,25,28). The molecule has 1 heterocycles. The van der Waals surface area contributed by atoms with Crippen LogP contribution in [0, 0.1) is 12.7 Å². The molecule has 1 fully saturated rings. The minimum Gasteiger partial charge on any atom is -0.492 e. The molecule has 0 spiro atoms. The SMILES string of the molecule is Cc1cccc(OCCNC(=O)CN2CCCN(C(=O)c3ccc(F)cc3)CC2)c1. The molecular formula is C23H28FN3O3. The number of rotatable bonds is 7. The van der Waals surface area contributed by atoms with Crippen molar-refractivity contribution in [3.63, 3.8) is 0 Å². The van der Waals surface area contributed by atoms with E-state index >= 15 is 0 Å². The molecule has 0 aliphatic carbocycles. The second-order valence-corrected chi connectivity index (χ2v) is 7.44. The van der Waals surface area contributed by atoms with Crippen LogP contribution in [0.5, 0.6) is 5.75 Å². The Labute approximate surface area is 176 Å². The first kappa shape index (κ1) is 21.8. The van der Waals surface area contributed by atoms with E-state index in [4.69, 9.17) is 4.74 Å². The van der Waals surface area contributed by atoms with Gasteiger partial charge < -0.3 is 15.0 Å². The van der Waals surface area contributed by atoms with Crippen LogP contribution in [-0.2, 0) is 4.79 Å². The van der Waals surface area contributed by atoms with E-state index in [1.807, 2.05) is 31.2 Å². The number of carbonyl (C=O) groups excluding carboxylic acids is 2. The van der Waals surface area contributed by atoms with Crippen molar-refractivity contribution in [1.29, 1.82) is 0 Å². The van der Waals surface area contributed by atoms with Gasteiger partial charge in [0.1, 0.15) is 18.2 Å². The summed E-state index contributed by atoms with van der Waals surface area (Å²) in [5.74, 6) is 0.280. The molecule has 1 N–H and O–H groups in total. The molecule has 0 bridgehead atoms. The van der Waals surface area contributed by atoms with Gasteiger partial charge in [0, 0.05) is 31.7 Å². The summed E-state index contributed by atoms with van der Waals surface area (Å²) in [5, 5.41) is 2.88. The smallest absolute Gasteiger partial charge is 0.253 e. The van der Waals surface area contributed by atoms with Gasteiger partial charge in [-0.05, 0) is 55.3 Å². The van der Waals surface area contributed by atoms with E-state index in [9.17, 15) is 14.0 Å². The highest BCUT2D eigenvalue weighted by Crippen LogP contribution is 2.12. The third-order valence-corrected chi connectivity index (χ3v) is 5.02. The molecule has 3 rings (SSSR count). The van der Waals surface area contributed by atoms with Crippen molar-refractivity contribution in [1.82, 2.24) is 15.1 Å². The fraction of sp³-hybridized carbons (Fsp3) is 0.391. The van der Waals surface area contributed by atoms with Crippen molar-refractivity contribution >= 4 is 11.8 Å². The molecule has 0 atom stereocenters. The summed E-state index contributed by atoms with van der Waals surface area (Å²) < 4.78 is 18.7. The molecule has 7 heteroatoms. The van der Waals surface area contributed by atoms with Crippen LogP contribution in [-0.4, -0.2) is 67.5 Å². The van der Waals surface area contributed by atoms with Gasteiger partial charge in [0.2, 0.25) is 5.91 Å². The number of nitrogens with one attached hydrogen (secondary N) is 1. The topological polar surface area (TPSA) is 61.9 Å². The Morgan fingerprint density at radius 2 is 1.87 bits per heavy atom. The maximum absolute atomic E-state index is 13.1. The van der Waals surface area contributed by atoms with E-state index in [2.05, 4.69) is 10.2 Å². The Morgan fingerprint density at radius 3 is 2.63 bits per heavy atom. The van der Waals surface area contributed by atoms with Crippen LogP contribution in [0.25, 0.3) is 0 Å². The van der Waals surface area contributed by atoms with Crippen LogP contribution >= 0.6 is 0 Å². The van der Waals surface area contributed by atoms with Gasteiger partial charge in [-0.3, -0.25) is 14.5 Å². The van der Waals surface area contributed by atoms with E-state index in [-0.39, 0.29) is 17.6 Å². The summed E-state index contributed by atoms with van der Waals surface area (Å²) in [4.78, 5) is 28.6. The Bertz CT molecular complexity index is 857. The highest BCUT2D eigenvalue weighted by Gasteiger charge is 2.21. The lowest BCUT2D eigenvalue weighted by Gasteiger charge is -2.22. The zero-order chi connectivity index (χ0) is 21.3. The maximum Gasteiger partial charge on any atom is 0.253 e. The Hall–Kier alpha value is -2.93. The molecule has 2 aromatic carbocycles. The predicted molar refractivity (Wildman–Crippen MR) is 113 cm³/mol. The first-order valence-corrected chi connectivity index (χ1v) is 10.2. The normalized spacial score (nSPS) is 14.8. The molecule has 0 unspecified atom stereocenters. The van der Waals surface area contributed by atoms with E-state index < -0.39 is 0 Å². The van der Waals surface area contributed by atoms with Gasteiger partial charge in [0.25, 0.3) is 5.91 Å². The average Bonchev–Trinajstić information content (AvgIpc) is 2.97. The maximum atomic E-state index is 13.1. The molecule has 1 aliphatic heterocycles. The second-order valence-electron chi connectivity index (χ2n) is 7.44. The van der Waals surface area contributed by atoms with E-state index in [1.165, 1.54) is 24.3 Å². The first-order valence-electron chi connectivity index (χ1n) is 10.2. The van der Waals surface area contributed by atoms with E-state index in [0.717, 1.165) is 24.3 Å². The van der Waals surface area contributed by atoms with Gasteiger partial charge in [0.15, 0.2) is 0 Å². The molecule has 2 aromatic rings. The fourth-order valence-electron chi connectivity index (χ4n) is 3.43. The molecule has 0 radical (unpaired) electrons. The van der Waals surface area contributed by atoms with Crippen molar-refractivity contribution < 1.29 is 18.7 Å². The van der Waals surface area contributed by atoms with Crippen LogP contribution in [0.2, 0.25) is 0 Å². The highest BCUT2D eigenvalue weighted by atomic mass is 19.1. The van der Waals surface area contributed by atoms with Crippen molar-refractivity contribution in [3.8, 4) is 5.75 Å². The molecular weight excluding hydrogens is 385 g/mol. The third-order valence-electron chi connectivity index (χ3n) is 5.02. The first-order chi connectivity index (χ1) is 14.5. The van der Waals surface area contributed by atoms with Gasteiger partial charge in [0.05, 0.1) is 13.1 Å². The lowest BCUT2D eigenvalue weighted by Crippen LogP contribution is -2.41. The number of hydrogen-bond acceptors (Lipinski definition) is 4. The van der Waals surface area contributed by atoms with Crippen molar-refractivity contribution in [2.75, 3.05) is 45.9 Å². The minimum absolute atomic E-state index is 0.0545. The largest absolute Gasteiger partial charge is 0.492 e. The molecule has 1 saturated heterocycles. The Morgan fingerprint density at radius 1 is 1.07 bits per heavy atom. The lowest BCUT2D eigenvalue weighted by molar-refractivity contribution is -0.122. The number of aryl methyl sites for hydroxylation is 1. The monoisotopic (exact) mass is 413 g/mol. The predicted octanol–water partition coefficient (Wildman–Crippen LogP) is 2.48. The van der Waals surface area contributed by atoms with Gasteiger partial charge in [-0.15, -0.1) is 0 Å². The molecule has 160 valence electrons. The summed E-state index contributed by atoms with van der Waals surface area (Å²) in [6.45, 7) is 5.69. The van der Waals surface area contributed by atoms with Crippen molar-refractivity contribution in [3.05, 3.63) is 65.5 Å². The zero-order valence-corrected chi connectivity index (χ0v) is 17.3. The highest BCUT2D eigenvalue weighted by molar-refractivity contribution is 5.94. The van der Waals surface area contributed by atoms with E-state index in [0.29, 0.717) is 44.9 Å². The summed E-state index contributed by atoms with van der Waals surface area (Å²) >= 11 is 0. The van der Waals surface area contributed by atoms with Crippen molar-refractivity contribution in [2.45, 2.75) is 13.3 Å². The molecule has 0 saturated carbocycles. The quantitative estimate of drug-likeness (QED) is 0.709. The summed E-state index contributed by atoms with van der Waals surface area (Å²) in [6.07, 6.45) is 0.788. The molecule has 30 heavy (non-hydrogen) atoms. The van der Waals surface area contributed by atoms with Crippen LogP contribution in [0.3, 0.4) is 0 Å². The number of nitrogens with zero attached hydrogens (tertiary/aromatic N) is 2. The molecule has 6 nitrogen and oxygen atoms in total. The number of benzene rings is 2. The van der Waals surface area contributed by atoms with Crippen LogP contribution in [0.1, 0.15) is 22.3 Å². The van der Waals surface area contributed by atoms with Crippen LogP contribution < -0.4 is 10.1 Å². The summed E-state index contributed by atoms with van der Waals surface area (Å²) in [7, 11) is 0. The lowest BCUT2D eigenvalue weighted by atomic mass is 10.2. The van der Waals surface area contributed by atoms with Gasteiger partial charge in [-0.1, -0.05) is 12.1 Å². The summed E-state index contributed by atoms with van der Waals surface area (Å²) in [6, 6.07) is 13.4. The van der Waals surface area contributed by atoms with Gasteiger partial charge in [-0.2, -0.15) is 0 Å². The van der Waals surface area contributed by atoms with Crippen LogP contribution in [0.4, 0.5) is 4.39 Å². The van der Waals surface area contributed by atoms with Gasteiger partial charge >= 0.3 is 0 Å². The van der Waals surface area contributed by atoms with Crippen molar-refractivity contribution in [2.24, 2.45) is 0 Å². The second kappa shape index (κ2) is 10.7. The number of ether oxygens (including phenoxy) is 1. The summed E-state index contributed by atoms with van der Waals surface area (Å²) in [5.41, 5.74) is 1.61. The van der Waals surface area contributed by atoms with E-state index in [1.54, 1.807) is 4.90 Å². The zero-order valence-electron chi connectivity index (χ0n) is 17.3. The van der Waals surface area contributed by atoms with Crippen LogP contribution in [0.15, 0.2) is 48.5 Å². The Balaban J connectivity index is 1.38. The Kier molecular flexibility index (Phi) is 7.79. The number of amides is 2. The minimum atomic E-state index is -0.358. The van der Waals surface area contributed by atoms with Gasteiger partial charge in [-0.25, -0.2) is 4.39 Å². The number of hydrogen-bond donors (Lipinski definition) is 1. The number of halogens is 1. The molecule has 0 aromatic heterocycles. The molecule has 1 aliphatic rings. The average molecular weight is 413 g/mol. The third kappa shape index (κ3) is 6.56.